The number of amidine groups is 1. The number of ether oxygens (including phenoxy) is 3. The minimum atomic E-state index is -0.459. The number of likely N-dealkylation sites (N-methyl/N-ethyl adjacent to an activating group) is 1. The Morgan fingerprint density at radius 2 is 1.77 bits per heavy atom. The molecule has 1 fully saturated rings. The van der Waals surface area contributed by atoms with Crippen molar-refractivity contribution in [3.05, 3.63) is 88.8 Å². The third-order valence-electron chi connectivity index (χ3n) is 5.68. The molecule has 0 bridgehead atoms. The molecule has 0 aliphatic carbocycles. The highest BCUT2D eigenvalue weighted by atomic mass is 32.2. The number of nitrogens with zero attached hydrogens (tertiary/aromatic N) is 2. The first-order valence-electron chi connectivity index (χ1n) is 12.6. The van der Waals surface area contributed by atoms with E-state index in [1.807, 2.05) is 32.0 Å². The number of anilines is 1. The Morgan fingerprint density at radius 1 is 0.975 bits per heavy atom. The topological polar surface area (TPSA) is 107 Å². The molecule has 0 unspecified atom stereocenters. The number of esters is 1. The van der Waals surface area contributed by atoms with Gasteiger partial charge in [0.2, 0.25) is 0 Å². The summed E-state index contributed by atoms with van der Waals surface area (Å²) in [6.07, 6.45) is 1.76. The summed E-state index contributed by atoms with van der Waals surface area (Å²) in [4.78, 5) is 44.0. The predicted octanol–water partition coefficient (Wildman–Crippen LogP) is 5.51. The van der Waals surface area contributed by atoms with E-state index in [1.165, 1.54) is 18.9 Å². The number of methoxy groups -OCH3 is 1. The lowest BCUT2D eigenvalue weighted by atomic mass is 10.2. The average molecular weight is 560 g/mol. The second-order valence-corrected chi connectivity index (χ2v) is 9.45. The molecule has 4 rings (SSSR count). The number of nitrogens with one attached hydrogen (secondary N) is 1. The first kappa shape index (κ1) is 28.4. The van der Waals surface area contributed by atoms with Gasteiger partial charge < -0.3 is 19.5 Å². The number of thioether (sulfide) groups is 1. The molecule has 9 nitrogen and oxygen atoms in total. The molecule has 1 aliphatic rings. The number of aliphatic imine (C=N–C) groups is 1. The molecule has 3 aromatic rings. The fourth-order valence-corrected chi connectivity index (χ4v) is 4.88. The van der Waals surface area contributed by atoms with E-state index in [4.69, 9.17) is 14.2 Å². The number of hydrogen-bond donors (Lipinski definition) is 1. The Bertz CT molecular complexity index is 1450. The van der Waals surface area contributed by atoms with E-state index in [0.29, 0.717) is 51.7 Å². The zero-order chi connectivity index (χ0) is 28.5. The van der Waals surface area contributed by atoms with Gasteiger partial charge in [-0.2, -0.15) is 0 Å². The molecule has 0 spiro atoms. The molecule has 0 radical (unpaired) electrons. The molecule has 2 amide bonds. The van der Waals surface area contributed by atoms with Gasteiger partial charge in [0.15, 0.2) is 23.3 Å². The number of carbonyl (C=O) groups is 3. The molecule has 1 N–H and O–H groups in total. The summed E-state index contributed by atoms with van der Waals surface area (Å²) < 4.78 is 16.3. The number of para-hydroxylation sites is 1. The van der Waals surface area contributed by atoms with E-state index in [9.17, 15) is 14.4 Å². The maximum absolute atomic E-state index is 13.1. The summed E-state index contributed by atoms with van der Waals surface area (Å²) in [6, 6.07) is 21.1. The minimum Gasteiger partial charge on any atom is -0.490 e. The highest BCUT2D eigenvalue weighted by Crippen LogP contribution is 2.36. The zero-order valence-corrected chi connectivity index (χ0v) is 23.2. The first-order chi connectivity index (χ1) is 19.4. The van der Waals surface area contributed by atoms with Crippen molar-refractivity contribution in [3.8, 4) is 11.5 Å². The number of amides is 2. The number of rotatable bonds is 10. The molecule has 0 aromatic heterocycles. The third-order valence-corrected chi connectivity index (χ3v) is 6.68. The van der Waals surface area contributed by atoms with Crippen LogP contribution < -0.4 is 14.8 Å². The summed E-state index contributed by atoms with van der Waals surface area (Å²) in [5, 5.41) is 3.29. The van der Waals surface area contributed by atoms with Gasteiger partial charge >= 0.3 is 5.97 Å². The Morgan fingerprint density at radius 3 is 2.50 bits per heavy atom. The largest absolute Gasteiger partial charge is 0.490 e. The molecule has 40 heavy (non-hydrogen) atoms. The van der Waals surface area contributed by atoms with E-state index in [1.54, 1.807) is 65.6 Å². The third kappa shape index (κ3) is 7.09. The molecular formula is C30H29N3O6S. The normalized spacial score (nSPS) is 14.9. The lowest BCUT2D eigenvalue weighted by Gasteiger charge is -2.13. The van der Waals surface area contributed by atoms with Crippen LogP contribution >= 0.6 is 11.8 Å². The lowest BCUT2D eigenvalue weighted by Crippen LogP contribution is -2.28. The van der Waals surface area contributed by atoms with Crippen LogP contribution in [-0.2, 0) is 14.3 Å². The number of hydrogen-bond acceptors (Lipinski definition) is 8. The second kappa shape index (κ2) is 13.5. The van der Waals surface area contributed by atoms with Crippen LogP contribution in [0.1, 0.15) is 29.8 Å². The van der Waals surface area contributed by atoms with Gasteiger partial charge in [0.05, 0.1) is 29.9 Å². The van der Waals surface area contributed by atoms with E-state index in [0.717, 1.165) is 5.56 Å². The molecular weight excluding hydrogens is 530 g/mol. The van der Waals surface area contributed by atoms with Crippen LogP contribution in [0.25, 0.3) is 6.08 Å². The van der Waals surface area contributed by atoms with Crippen LogP contribution in [-0.4, -0.2) is 54.7 Å². The summed E-state index contributed by atoms with van der Waals surface area (Å²) in [5.74, 6) is -0.0525. The fraction of sp³-hybridized carbons (Fsp3) is 0.200. The fourth-order valence-electron chi connectivity index (χ4n) is 3.82. The van der Waals surface area contributed by atoms with Crippen molar-refractivity contribution in [2.75, 3.05) is 32.2 Å². The standard InChI is InChI=1S/C30H29N3O6S/c1-4-33-28(35)26(40-30(33)32-23-13-9-10-21(18-23)29(36)37-3)17-20-14-15-24(25(16-20)38-5-2)39-19-27(34)31-22-11-7-6-8-12-22/h6-18H,4-5,19H2,1-3H3,(H,31,34). The van der Waals surface area contributed by atoms with Crippen molar-refractivity contribution in [1.29, 1.82) is 0 Å². The molecule has 1 heterocycles. The first-order valence-corrected chi connectivity index (χ1v) is 13.5. The Kier molecular flexibility index (Phi) is 9.58. The molecule has 0 atom stereocenters. The van der Waals surface area contributed by atoms with Gasteiger partial charge in [0.25, 0.3) is 11.8 Å². The molecule has 10 heteroatoms. The van der Waals surface area contributed by atoms with Crippen molar-refractivity contribution >= 4 is 52.2 Å². The van der Waals surface area contributed by atoms with E-state index in [2.05, 4.69) is 10.3 Å². The van der Waals surface area contributed by atoms with Gasteiger partial charge in [-0.15, -0.1) is 0 Å². The van der Waals surface area contributed by atoms with Crippen LogP contribution in [0.2, 0.25) is 0 Å². The minimum absolute atomic E-state index is 0.175. The molecule has 3 aromatic carbocycles. The Balaban J connectivity index is 1.51. The maximum atomic E-state index is 13.1. The van der Waals surface area contributed by atoms with Crippen LogP contribution in [0.4, 0.5) is 11.4 Å². The van der Waals surface area contributed by atoms with E-state index < -0.39 is 5.97 Å². The summed E-state index contributed by atoms with van der Waals surface area (Å²) in [5.41, 5.74) is 2.32. The maximum Gasteiger partial charge on any atom is 0.337 e. The van der Waals surface area contributed by atoms with Crippen LogP contribution in [0.15, 0.2) is 82.7 Å². The van der Waals surface area contributed by atoms with Gasteiger partial charge in [-0.3, -0.25) is 14.5 Å². The number of carbonyl (C=O) groups excluding carboxylic acids is 3. The molecule has 1 saturated heterocycles. The molecule has 206 valence electrons. The van der Waals surface area contributed by atoms with Crippen LogP contribution in [0.3, 0.4) is 0 Å². The van der Waals surface area contributed by atoms with Crippen LogP contribution in [0.5, 0.6) is 11.5 Å². The summed E-state index contributed by atoms with van der Waals surface area (Å²) >= 11 is 1.25. The zero-order valence-electron chi connectivity index (χ0n) is 22.4. The SMILES string of the molecule is CCOc1cc(C=C2SC(=Nc3cccc(C(=O)OC)c3)N(CC)C2=O)ccc1OCC(=O)Nc1ccccc1. The average Bonchev–Trinajstić information content (AvgIpc) is 3.25. The van der Waals surface area contributed by atoms with Crippen molar-refractivity contribution in [3.63, 3.8) is 0 Å². The van der Waals surface area contributed by atoms with Crippen molar-refractivity contribution < 1.29 is 28.6 Å². The summed E-state index contributed by atoms with van der Waals surface area (Å²) in [6.45, 7) is 4.36. The van der Waals surface area contributed by atoms with Gasteiger partial charge in [0.1, 0.15) is 0 Å². The second-order valence-electron chi connectivity index (χ2n) is 8.44. The van der Waals surface area contributed by atoms with Crippen molar-refractivity contribution in [2.24, 2.45) is 4.99 Å². The summed E-state index contributed by atoms with van der Waals surface area (Å²) in [7, 11) is 1.32. The van der Waals surface area contributed by atoms with Gasteiger partial charge in [-0.25, -0.2) is 9.79 Å². The van der Waals surface area contributed by atoms with Crippen molar-refractivity contribution in [1.82, 2.24) is 4.90 Å². The van der Waals surface area contributed by atoms with Gasteiger partial charge in [-0.05, 0) is 79.7 Å². The van der Waals surface area contributed by atoms with E-state index >= 15 is 0 Å². The smallest absolute Gasteiger partial charge is 0.337 e. The quantitative estimate of drug-likeness (QED) is 0.258. The molecule has 0 saturated carbocycles. The Hall–Kier alpha value is -4.57. The molecule has 1 aliphatic heterocycles. The monoisotopic (exact) mass is 559 g/mol. The lowest BCUT2D eigenvalue weighted by molar-refractivity contribution is -0.122. The Labute approximate surface area is 236 Å². The van der Waals surface area contributed by atoms with Crippen LogP contribution in [0, 0.1) is 0 Å². The number of benzene rings is 3. The van der Waals surface area contributed by atoms with Crippen molar-refractivity contribution in [2.45, 2.75) is 13.8 Å². The van der Waals surface area contributed by atoms with Gasteiger partial charge in [0, 0.05) is 12.2 Å². The highest BCUT2D eigenvalue weighted by molar-refractivity contribution is 8.18. The van der Waals surface area contributed by atoms with Gasteiger partial charge in [-0.1, -0.05) is 30.3 Å². The predicted molar refractivity (Wildman–Crippen MR) is 156 cm³/mol. The van der Waals surface area contributed by atoms with E-state index in [-0.39, 0.29) is 18.4 Å². The highest BCUT2D eigenvalue weighted by Gasteiger charge is 2.32.